The van der Waals surface area contributed by atoms with Crippen molar-refractivity contribution in [2.75, 3.05) is 6.54 Å². The van der Waals surface area contributed by atoms with Gasteiger partial charge in [0, 0.05) is 19.5 Å². The average molecular weight is 440 g/mol. The molecule has 0 aromatic heterocycles. The molecule has 2 aliphatic rings. The molecule has 31 heavy (non-hydrogen) atoms. The van der Waals surface area contributed by atoms with Gasteiger partial charge in [0.05, 0.1) is 6.10 Å². The van der Waals surface area contributed by atoms with E-state index in [2.05, 4.69) is 76.1 Å². The molecule has 1 aromatic rings. The summed E-state index contributed by atoms with van der Waals surface area (Å²) in [5.74, 6) is 0. The highest BCUT2D eigenvalue weighted by Gasteiger charge is 2.45. The molecule has 3 rings (SSSR count). The van der Waals surface area contributed by atoms with Crippen LogP contribution in [0.5, 0.6) is 0 Å². The zero-order chi connectivity index (χ0) is 22.6. The third-order valence-corrected chi connectivity index (χ3v) is 9.35. The van der Waals surface area contributed by atoms with E-state index in [1.165, 1.54) is 53.2 Å². The molecule has 0 radical (unpaired) electrons. The first-order valence-electron chi connectivity index (χ1n) is 12.6. The predicted molar refractivity (Wildman–Crippen MR) is 138 cm³/mol. The number of nitrogens with one attached hydrogen (secondary N) is 1. The van der Waals surface area contributed by atoms with E-state index in [0.29, 0.717) is 6.04 Å². The van der Waals surface area contributed by atoms with Crippen LogP contribution >= 0.6 is 0 Å². The van der Waals surface area contributed by atoms with Crippen LogP contribution in [0.25, 0.3) is 6.08 Å². The maximum atomic E-state index is 11.0. The Morgan fingerprint density at radius 3 is 2.68 bits per heavy atom. The lowest BCUT2D eigenvalue weighted by atomic mass is 9.60. The third kappa shape index (κ3) is 5.80. The summed E-state index contributed by atoms with van der Waals surface area (Å²) in [5.41, 5.74) is 7.19. The largest absolute Gasteiger partial charge is 0.392 e. The van der Waals surface area contributed by atoms with Crippen molar-refractivity contribution in [3.05, 3.63) is 52.1 Å². The lowest BCUT2D eigenvalue weighted by Gasteiger charge is -2.48. The molecular weight excluding hydrogens is 394 g/mol. The molecule has 1 unspecified atom stereocenters. The summed E-state index contributed by atoms with van der Waals surface area (Å²) in [7, 11) is -1.08. The summed E-state index contributed by atoms with van der Waals surface area (Å²) in [4.78, 5) is 0. The maximum Gasteiger partial charge on any atom is 0.0634 e. The SMILES string of the molecule is CCCCNC1C(=Cc2ccccc2CC[Si](C)(C)C)C[C@@]2(C)C(=C1C)CCC[C@@H]2O. The minimum absolute atomic E-state index is 0.107. The van der Waals surface area contributed by atoms with Gasteiger partial charge in [0.25, 0.3) is 0 Å². The highest BCUT2D eigenvalue weighted by atomic mass is 28.3. The average Bonchev–Trinajstić information content (AvgIpc) is 2.70. The fourth-order valence-corrected chi connectivity index (χ4v) is 6.60. The highest BCUT2D eigenvalue weighted by molar-refractivity contribution is 6.76. The van der Waals surface area contributed by atoms with Crippen molar-refractivity contribution in [3.8, 4) is 0 Å². The van der Waals surface area contributed by atoms with Crippen LogP contribution in [-0.2, 0) is 6.42 Å². The van der Waals surface area contributed by atoms with Crippen molar-refractivity contribution in [1.29, 1.82) is 0 Å². The van der Waals surface area contributed by atoms with Gasteiger partial charge in [-0.15, -0.1) is 0 Å². The molecule has 1 aromatic carbocycles. The van der Waals surface area contributed by atoms with Crippen LogP contribution in [0.4, 0.5) is 0 Å². The second-order valence-electron chi connectivity index (χ2n) is 11.4. The van der Waals surface area contributed by atoms with Crippen LogP contribution in [0.1, 0.15) is 70.4 Å². The van der Waals surface area contributed by atoms with Gasteiger partial charge in [-0.1, -0.05) is 87.4 Å². The second kappa shape index (κ2) is 10.2. The van der Waals surface area contributed by atoms with E-state index in [0.717, 1.165) is 32.2 Å². The van der Waals surface area contributed by atoms with Crippen molar-refractivity contribution in [3.63, 3.8) is 0 Å². The van der Waals surface area contributed by atoms with Gasteiger partial charge in [0.2, 0.25) is 0 Å². The summed E-state index contributed by atoms with van der Waals surface area (Å²) in [5, 5.41) is 14.9. The topological polar surface area (TPSA) is 32.3 Å². The van der Waals surface area contributed by atoms with Gasteiger partial charge < -0.3 is 10.4 Å². The minimum atomic E-state index is -1.08. The van der Waals surface area contributed by atoms with Gasteiger partial charge in [0.1, 0.15) is 0 Å². The number of fused-ring (bicyclic) bond motifs is 1. The molecule has 0 spiro atoms. The Morgan fingerprint density at radius 1 is 1.23 bits per heavy atom. The Labute approximate surface area is 192 Å². The zero-order valence-electron chi connectivity index (χ0n) is 20.9. The van der Waals surface area contributed by atoms with Crippen molar-refractivity contribution < 1.29 is 5.11 Å². The van der Waals surface area contributed by atoms with Crippen molar-refractivity contribution in [2.45, 2.75) is 104 Å². The molecule has 0 aliphatic heterocycles. The molecule has 0 bridgehead atoms. The van der Waals surface area contributed by atoms with Gasteiger partial charge in [-0.25, -0.2) is 0 Å². The quantitative estimate of drug-likeness (QED) is 0.260. The van der Waals surface area contributed by atoms with Gasteiger partial charge in [-0.2, -0.15) is 0 Å². The van der Waals surface area contributed by atoms with E-state index < -0.39 is 8.07 Å². The maximum absolute atomic E-state index is 11.0. The van der Waals surface area contributed by atoms with E-state index in [1.54, 1.807) is 0 Å². The predicted octanol–water partition coefficient (Wildman–Crippen LogP) is 6.98. The lowest BCUT2D eigenvalue weighted by molar-refractivity contribution is 0.0315. The summed E-state index contributed by atoms with van der Waals surface area (Å²) in [6, 6.07) is 10.6. The number of aliphatic hydroxyl groups is 1. The van der Waals surface area contributed by atoms with E-state index in [4.69, 9.17) is 0 Å². The summed E-state index contributed by atoms with van der Waals surface area (Å²) in [6.45, 7) is 15.3. The first-order chi connectivity index (χ1) is 14.7. The Balaban J connectivity index is 1.99. The molecule has 1 fully saturated rings. The minimum Gasteiger partial charge on any atom is -0.392 e. The number of benzene rings is 1. The molecule has 2 N–H and O–H groups in total. The van der Waals surface area contributed by atoms with Crippen LogP contribution in [0.3, 0.4) is 0 Å². The molecule has 3 heteroatoms. The van der Waals surface area contributed by atoms with Gasteiger partial charge >= 0.3 is 0 Å². The van der Waals surface area contributed by atoms with E-state index >= 15 is 0 Å². The Kier molecular flexibility index (Phi) is 8.04. The van der Waals surface area contributed by atoms with E-state index in [-0.39, 0.29) is 11.5 Å². The van der Waals surface area contributed by atoms with Gasteiger partial charge in [-0.3, -0.25) is 0 Å². The number of hydrogen-bond acceptors (Lipinski definition) is 2. The number of rotatable bonds is 8. The van der Waals surface area contributed by atoms with Crippen molar-refractivity contribution >= 4 is 14.1 Å². The molecule has 1 saturated carbocycles. The van der Waals surface area contributed by atoms with Crippen LogP contribution < -0.4 is 5.32 Å². The van der Waals surface area contributed by atoms with E-state index in [1.807, 2.05) is 0 Å². The molecule has 2 aliphatic carbocycles. The number of hydrogen-bond donors (Lipinski definition) is 2. The fourth-order valence-electron chi connectivity index (χ4n) is 5.58. The van der Waals surface area contributed by atoms with Crippen molar-refractivity contribution in [1.82, 2.24) is 5.32 Å². The van der Waals surface area contributed by atoms with Gasteiger partial charge in [0.15, 0.2) is 0 Å². The van der Waals surface area contributed by atoms with Crippen LogP contribution in [-0.4, -0.2) is 31.9 Å². The molecule has 2 nitrogen and oxygen atoms in total. The monoisotopic (exact) mass is 439 g/mol. The lowest BCUT2D eigenvalue weighted by Crippen LogP contribution is -2.47. The van der Waals surface area contributed by atoms with Gasteiger partial charge in [-0.05, 0) is 68.7 Å². The first-order valence-corrected chi connectivity index (χ1v) is 16.3. The summed E-state index contributed by atoms with van der Waals surface area (Å²) < 4.78 is 0. The molecule has 0 saturated heterocycles. The molecular formula is C28H45NOSi. The number of aliphatic hydroxyl groups excluding tert-OH is 1. The normalized spacial score (nSPS) is 28.2. The highest BCUT2D eigenvalue weighted by Crippen LogP contribution is 2.51. The van der Waals surface area contributed by atoms with Crippen LogP contribution in [0.15, 0.2) is 41.0 Å². The smallest absolute Gasteiger partial charge is 0.0634 e. The standard InChI is InChI=1S/C28H45NOSi/c1-7-8-17-29-27-21(2)25-14-11-15-26(30)28(25,3)20-24(27)19-23-13-10-9-12-22(23)16-18-31(4,5)6/h9-10,12-13,19,26-27,29-30H,7-8,11,14-18,20H2,1-6H3/t26-,27?,28-/m0/s1. The Hall–Kier alpha value is -1.16. The summed E-state index contributed by atoms with van der Waals surface area (Å²) >= 11 is 0. The van der Waals surface area contributed by atoms with E-state index in [9.17, 15) is 5.11 Å². The van der Waals surface area contributed by atoms with Crippen LogP contribution in [0.2, 0.25) is 25.7 Å². The third-order valence-electron chi connectivity index (χ3n) is 7.60. The first kappa shape index (κ1) is 24.5. The fraction of sp³-hybridized carbons (Fsp3) is 0.643. The molecule has 3 atom stereocenters. The molecule has 172 valence electrons. The molecule has 0 heterocycles. The number of aryl methyl sites for hydroxylation is 1. The van der Waals surface area contributed by atoms with Crippen molar-refractivity contribution in [2.24, 2.45) is 5.41 Å². The zero-order valence-corrected chi connectivity index (χ0v) is 21.9. The number of unbranched alkanes of at least 4 members (excludes halogenated alkanes) is 1. The second-order valence-corrected chi connectivity index (χ2v) is 17.0. The Bertz CT molecular complexity index is 819. The Morgan fingerprint density at radius 2 is 1.97 bits per heavy atom. The summed E-state index contributed by atoms with van der Waals surface area (Å²) in [6.07, 6.45) is 9.99. The molecule has 0 amide bonds. The van der Waals surface area contributed by atoms with Crippen LogP contribution in [0, 0.1) is 5.41 Å².